The summed E-state index contributed by atoms with van der Waals surface area (Å²) < 4.78 is 5.20. The van der Waals surface area contributed by atoms with Crippen molar-refractivity contribution >= 4 is 88.2 Å². The van der Waals surface area contributed by atoms with E-state index in [1.54, 1.807) is 64.5 Å². The molecular weight excluding hydrogens is 897 g/mol. The second kappa shape index (κ2) is 27.3. The second-order valence-electron chi connectivity index (χ2n) is 16.1. The average Bonchev–Trinajstić information content (AvgIpc) is 3.29. The minimum absolute atomic E-state index is 0.170. The topological polar surface area (TPSA) is 279 Å². The van der Waals surface area contributed by atoms with Gasteiger partial charge in [-0.1, -0.05) is 46.2 Å². The summed E-state index contributed by atoms with van der Waals surface area (Å²) in [7, 11) is 5.62. The molecule has 2 aromatic rings. The zero-order valence-electron chi connectivity index (χ0n) is 39.6. The molecular formula is C43H66N10O11S2. The minimum atomic E-state index is -1.63. The van der Waals surface area contributed by atoms with Crippen molar-refractivity contribution in [2.24, 2.45) is 11.8 Å². The molecule has 1 heterocycles. The summed E-state index contributed by atoms with van der Waals surface area (Å²) in [5, 5.41) is 22.3. The van der Waals surface area contributed by atoms with Gasteiger partial charge < -0.3 is 55.9 Å². The van der Waals surface area contributed by atoms with Gasteiger partial charge in [0.15, 0.2) is 0 Å². The highest BCUT2D eigenvalue weighted by atomic mass is 32.2. The lowest BCUT2D eigenvalue weighted by Gasteiger charge is -2.39. The first-order valence-electron chi connectivity index (χ1n) is 21.3. The molecule has 23 heteroatoms. The first-order valence-corrected chi connectivity index (χ1v) is 23.9. The van der Waals surface area contributed by atoms with E-state index in [0.717, 1.165) is 4.90 Å². The van der Waals surface area contributed by atoms with Crippen LogP contribution in [0.1, 0.15) is 58.5 Å². The van der Waals surface area contributed by atoms with Gasteiger partial charge in [0.2, 0.25) is 35.4 Å². The Bertz CT molecular complexity index is 2020. The molecule has 0 saturated carbocycles. The van der Waals surface area contributed by atoms with Crippen molar-refractivity contribution in [2.75, 3.05) is 60.5 Å². The first-order chi connectivity index (χ1) is 31.1. The molecule has 2 rings (SSSR count). The largest absolute Gasteiger partial charge is 0.461 e. The Hall–Kier alpha value is -5.39. The molecule has 21 nitrogen and oxygen atoms in total. The number of aliphatic hydroxyl groups is 1. The number of carbonyl (C=O) groups is 9. The molecule has 0 aliphatic heterocycles. The Morgan fingerprint density at radius 2 is 1.35 bits per heavy atom. The van der Waals surface area contributed by atoms with Gasteiger partial charge in [-0.15, -0.1) is 23.5 Å². The van der Waals surface area contributed by atoms with Crippen LogP contribution in [0.4, 0.5) is 0 Å². The van der Waals surface area contributed by atoms with Crippen LogP contribution in [0.2, 0.25) is 0 Å². The third kappa shape index (κ3) is 15.6. The zero-order chi connectivity index (χ0) is 50.0. The van der Waals surface area contributed by atoms with E-state index < -0.39 is 120 Å². The number of aromatic nitrogens is 2. The smallest absolute Gasteiger partial charge is 0.329 e. The van der Waals surface area contributed by atoms with Gasteiger partial charge >= 0.3 is 5.97 Å². The summed E-state index contributed by atoms with van der Waals surface area (Å²) in [6, 6.07) is -1.39. The van der Waals surface area contributed by atoms with Crippen LogP contribution in [0.5, 0.6) is 0 Å². The molecule has 0 radical (unpaired) electrons. The predicted octanol–water partition coefficient (Wildman–Crippen LogP) is -0.589. The summed E-state index contributed by atoms with van der Waals surface area (Å²) in [6.07, 6.45) is 5.70. The number of esters is 1. The number of likely N-dealkylation sites (N-methyl/N-ethyl adjacent to an activating group) is 4. The van der Waals surface area contributed by atoms with E-state index >= 15 is 0 Å². The van der Waals surface area contributed by atoms with Crippen molar-refractivity contribution in [1.29, 1.82) is 0 Å². The van der Waals surface area contributed by atoms with E-state index in [1.807, 2.05) is 0 Å². The Balaban J connectivity index is 2.44. The maximum Gasteiger partial charge on any atom is 0.329 e. The molecule has 0 aliphatic carbocycles. The SMILES string of the molecule is CCC(C)C(C(=O)OC[C@@H](NC(=O)c1cnc2ccccc2n1)C(=O)N[C@@H](C)C(=O)N(C)CC(=O)NC(C=O)C(C)C)N(C)C(=O)C(C(SC)SC)N(C)C(=O)[C@H](C)NC(=O)C(CO)NC. The quantitative estimate of drug-likeness (QED) is 0.0391. The monoisotopic (exact) mass is 962 g/mol. The minimum Gasteiger partial charge on any atom is -0.461 e. The van der Waals surface area contributed by atoms with Crippen molar-refractivity contribution in [3.05, 3.63) is 36.2 Å². The fraction of sp³-hybridized carbons (Fsp3) is 0.605. The molecule has 8 atom stereocenters. The van der Waals surface area contributed by atoms with Crippen LogP contribution in [0.25, 0.3) is 11.0 Å². The van der Waals surface area contributed by atoms with E-state index in [9.17, 15) is 48.3 Å². The Kier molecular flexibility index (Phi) is 23.5. The highest BCUT2D eigenvalue weighted by Gasteiger charge is 2.42. The number of benzene rings is 1. The standard InChI is InChI=1S/C43H66N10O11S2/c1-13-24(4)34(52(9)41(62)35(43(65-11)66-12)53(10)40(61)26(6)47-37(58)31(21-55)44-7)42(63)64-22-32(50-36(57)29-18-45-27-16-14-15-17-28(27)48-29)38(59)46-25(5)39(60)51(8)19-33(56)49-30(20-54)23(2)3/h14-18,20,23-26,30-32,34-35,43-44,55H,13,19,21-22H2,1-12H3,(H,46,59)(H,47,58)(H,49,56)(H,50,57)/t24?,25-,26-,30?,31?,32+,34?,35?/m0/s1. The van der Waals surface area contributed by atoms with Gasteiger partial charge in [-0.2, -0.15) is 0 Å². The van der Waals surface area contributed by atoms with Gasteiger partial charge in [0.1, 0.15) is 54.8 Å². The lowest BCUT2D eigenvalue weighted by molar-refractivity contribution is -0.159. The van der Waals surface area contributed by atoms with Crippen molar-refractivity contribution in [3.8, 4) is 0 Å². The van der Waals surface area contributed by atoms with E-state index in [2.05, 4.69) is 36.6 Å². The van der Waals surface area contributed by atoms with Gasteiger partial charge in [0, 0.05) is 21.1 Å². The molecule has 366 valence electrons. The van der Waals surface area contributed by atoms with Crippen LogP contribution >= 0.6 is 23.5 Å². The summed E-state index contributed by atoms with van der Waals surface area (Å²) in [4.78, 5) is 132. The van der Waals surface area contributed by atoms with Gasteiger partial charge in [-0.25, -0.2) is 9.78 Å². The summed E-state index contributed by atoms with van der Waals surface area (Å²) in [6.45, 7) is 8.08. The fourth-order valence-electron chi connectivity index (χ4n) is 6.60. The maximum atomic E-state index is 14.6. The number of rotatable bonds is 26. The molecule has 7 amide bonds. The molecule has 66 heavy (non-hydrogen) atoms. The number of aldehydes is 1. The van der Waals surface area contributed by atoms with Crippen LogP contribution in [0.3, 0.4) is 0 Å². The number of carbonyl (C=O) groups excluding carboxylic acids is 9. The van der Waals surface area contributed by atoms with Crippen LogP contribution in [-0.2, 0) is 43.1 Å². The van der Waals surface area contributed by atoms with E-state index in [1.165, 1.54) is 81.6 Å². The second-order valence-corrected chi connectivity index (χ2v) is 18.3. The van der Waals surface area contributed by atoms with Crippen LogP contribution < -0.4 is 26.6 Å². The summed E-state index contributed by atoms with van der Waals surface area (Å²) in [5.41, 5.74) is 0.723. The normalized spacial score (nSPS) is 14.9. The Morgan fingerprint density at radius 3 is 1.88 bits per heavy atom. The van der Waals surface area contributed by atoms with E-state index in [-0.39, 0.29) is 11.6 Å². The van der Waals surface area contributed by atoms with Crippen LogP contribution in [0, 0.1) is 11.8 Å². The van der Waals surface area contributed by atoms with Crippen molar-refractivity contribution in [2.45, 2.75) is 94.8 Å². The molecule has 1 aromatic carbocycles. The molecule has 0 spiro atoms. The molecule has 0 fully saturated rings. The Morgan fingerprint density at radius 1 is 0.788 bits per heavy atom. The third-order valence-corrected chi connectivity index (χ3v) is 13.5. The number of fused-ring (bicyclic) bond motifs is 1. The number of amides is 7. The van der Waals surface area contributed by atoms with Gasteiger partial charge in [0.25, 0.3) is 5.91 Å². The average molecular weight is 963 g/mol. The highest BCUT2D eigenvalue weighted by molar-refractivity contribution is 8.16. The summed E-state index contributed by atoms with van der Waals surface area (Å²) >= 11 is 2.60. The summed E-state index contributed by atoms with van der Waals surface area (Å²) in [5.74, 6) is -6.65. The van der Waals surface area contributed by atoms with Crippen molar-refractivity contribution in [1.82, 2.24) is 51.3 Å². The number of aliphatic hydroxyl groups excluding tert-OH is 1. The zero-order valence-corrected chi connectivity index (χ0v) is 41.3. The van der Waals surface area contributed by atoms with Crippen LogP contribution in [0.15, 0.2) is 30.5 Å². The fourth-order valence-corrected chi connectivity index (χ4v) is 8.49. The molecule has 6 N–H and O–H groups in total. The van der Waals surface area contributed by atoms with Crippen molar-refractivity contribution in [3.63, 3.8) is 0 Å². The number of nitrogens with one attached hydrogen (secondary N) is 5. The number of hydrogen-bond donors (Lipinski definition) is 6. The van der Waals surface area contributed by atoms with Gasteiger partial charge in [-0.05, 0) is 57.4 Å². The van der Waals surface area contributed by atoms with E-state index in [4.69, 9.17) is 4.74 Å². The van der Waals surface area contributed by atoms with Gasteiger partial charge in [-0.3, -0.25) is 38.5 Å². The molecule has 1 aromatic heterocycles. The maximum absolute atomic E-state index is 14.6. The lowest BCUT2D eigenvalue weighted by atomic mass is 9.97. The number of para-hydroxylation sites is 2. The molecule has 5 unspecified atom stereocenters. The number of hydrogen-bond acceptors (Lipinski definition) is 16. The van der Waals surface area contributed by atoms with Crippen LogP contribution in [-0.4, -0.2) is 191 Å². The molecule has 0 saturated heterocycles. The van der Waals surface area contributed by atoms with Gasteiger partial charge in [0.05, 0.1) is 41.0 Å². The van der Waals surface area contributed by atoms with Crippen molar-refractivity contribution < 1.29 is 53.0 Å². The highest BCUT2D eigenvalue weighted by Crippen LogP contribution is 2.29. The number of thioether (sulfide) groups is 2. The molecule has 0 bridgehead atoms. The lowest BCUT2D eigenvalue weighted by Crippen LogP contribution is -2.60. The first kappa shape index (κ1) is 56.7. The number of nitrogens with zero attached hydrogens (tertiary/aromatic N) is 5. The Labute approximate surface area is 394 Å². The third-order valence-electron chi connectivity index (χ3n) is 10.9. The number of ether oxygens (including phenoxy) is 1. The predicted molar refractivity (Wildman–Crippen MR) is 251 cm³/mol. The van der Waals surface area contributed by atoms with E-state index in [0.29, 0.717) is 23.7 Å². The molecule has 0 aliphatic rings.